The number of hydrogen-bond donors (Lipinski definition) is 1. The molecule has 0 unspecified atom stereocenters. The van der Waals surface area contributed by atoms with Crippen molar-refractivity contribution >= 4 is 10.9 Å². The summed E-state index contributed by atoms with van der Waals surface area (Å²) in [5.41, 5.74) is 9.92. The van der Waals surface area contributed by atoms with Gasteiger partial charge in [-0.25, -0.2) is 0 Å². The van der Waals surface area contributed by atoms with E-state index in [1.54, 1.807) is 0 Å². The summed E-state index contributed by atoms with van der Waals surface area (Å²) in [4.78, 5) is 0. The molecule has 0 saturated heterocycles. The van der Waals surface area contributed by atoms with Crippen molar-refractivity contribution in [1.82, 2.24) is 19.6 Å². The van der Waals surface area contributed by atoms with Gasteiger partial charge < -0.3 is 5.73 Å². The van der Waals surface area contributed by atoms with Gasteiger partial charge in [-0.1, -0.05) is 18.2 Å². The number of aryl methyl sites for hydroxylation is 2. The van der Waals surface area contributed by atoms with Crippen molar-refractivity contribution in [2.45, 2.75) is 20.0 Å². The van der Waals surface area contributed by atoms with E-state index in [9.17, 15) is 0 Å². The average Bonchev–Trinajstić information content (AvgIpc) is 2.92. The van der Waals surface area contributed by atoms with E-state index in [-0.39, 0.29) is 0 Å². The summed E-state index contributed by atoms with van der Waals surface area (Å²) in [6.07, 6.45) is 2.00. The number of hydrogen-bond acceptors (Lipinski definition) is 3. The summed E-state index contributed by atoms with van der Waals surface area (Å²) in [6, 6.07) is 8.23. The molecule has 0 aliphatic heterocycles. The van der Waals surface area contributed by atoms with Gasteiger partial charge in [0.15, 0.2) is 0 Å². The number of aromatic nitrogens is 4. The monoisotopic (exact) mass is 255 g/mol. The maximum atomic E-state index is 5.68. The first-order valence-corrected chi connectivity index (χ1v) is 6.32. The summed E-state index contributed by atoms with van der Waals surface area (Å²) >= 11 is 0. The van der Waals surface area contributed by atoms with Gasteiger partial charge in [0.25, 0.3) is 0 Å². The maximum Gasteiger partial charge on any atom is 0.0918 e. The predicted molar refractivity (Wildman–Crippen MR) is 74.7 cm³/mol. The van der Waals surface area contributed by atoms with Gasteiger partial charge in [-0.05, 0) is 13.0 Å². The summed E-state index contributed by atoms with van der Waals surface area (Å²) in [7, 11) is 1.96. The fourth-order valence-corrected chi connectivity index (χ4v) is 2.40. The van der Waals surface area contributed by atoms with Crippen LogP contribution in [-0.4, -0.2) is 19.6 Å². The Kier molecular flexibility index (Phi) is 2.83. The Labute approximate surface area is 111 Å². The molecule has 19 heavy (non-hydrogen) atoms. The zero-order valence-corrected chi connectivity index (χ0v) is 11.2. The highest BCUT2D eigenvalue weighted by Crippen LogP contribution is 2.18. The molecule has 0 aliphatic carbocycles. The van der Waals surface area contributed by atoms with Gasteiger partial charge in [0, 0.05) is 30.7 Å². The molecule has 0 atom stereocenters. The molecular weight excluding hydrogens is 238 g/mol. The molecule has 5 nitrogen and oxygen atoms in total. The average molecular weight is 255 g/mol. The van der Waals surface area contributed by atoms with Crippen molar-refractivity contribution in [3.63, 3.8) is 0 Å². The lowest BCUT2D eigenvalue weighted by atomic mass is 10.2. The van der Waals surface area contributed by atoms with Crippen LogP contribution >= 0.6 is 0 Å². The van der Waals surface area contributed by atoms with E-state index in [0.717, 1.165) is 22.5 Å². The van der Waals surface area contributed by atoms with Crippen LogP contribution in [0.4, 0.5) is 0 Å². The molecule has 0 bridgehead atoms. The smallest absolute Gasteiger partial charge is 0.0918 e. The molecule has 2 heterocycles. The normalized spacial score (nSPS) is 11.3. The molecule has 98 valence electrons. The Morgan fingerprint density at radius 1 is 1.21 bits per heavy atom. The van der Waals surface area contributed by atoms with Crippen LogP contribution in [0.2, 0.25) is 0 Å². The van der Waals surface area contributed by atoms with Gasteiger partial charge in [0.2, 0.25) is 0 Å². The number of rotatable bonds is 3. The van der Waals surface area contributed by atoms with Crippen LogP contribution in [0.15, 0.2) is 30.5 Å². The molecule has 3 aromatic rings. The Morgan fingerprint density at radius 3 is 2.74 bits per heavy atom. The quantitative estimate of drug-likeness (QED) is 0.773. The fraction of sp³-hybridized carbons (Fsp3) is 0.286. The molecular formula is C14H17N5. The maximum absolute atomic E-state index is 5.68. The molecule has 0 fully saturated rings. The third-order valence-electron chi connectivity index (χ3n) is 3.41. The first-order valence-electron chi connectivity index (χ1n) is 6.32. The van der Waals surface area contributed by atoms with Crippen LogP contribution in [0.25, 0.3) is 10.9 Å². The summed E-state index contributed by atoms with van der Waals surface area (Å²) in [5, 5.41) is 10.2. The van der Waals surface area contributed by atoms with E-state index in [0.29, 0.717) is 13.1 Å². The van der Waals surface area contributed by atoms with Crippen molar-refractivity contribution < 1.29 is 0 Å². The van der Waals surface area contributed by atoms with E-state index in [4.69, 9.17) is 5.73 Å². The van der Waals surface area contributed by atoms with Crippen molar-refractivity contribution in [2.75, 3.05) is 0 Å². The molecule has 0 saturated carbocycles. The first kappa shape index (κ1) is 11.9. The number of para-hydroxylation sites is 1. The second-order valence-corrected chi connectivity index (χ2v) is 4.73. The van der Waals surface area contributed by atoms with E-state index in [1.807, 2.05) is 41.7 Å². The van der Waals surface area contributed by atoms with Crippen LogP contribution in [-0.2, 0) is 20.1 Å². The SMILES string of the molecule is Cc1nn(Cc2nn(C)c3ccccc23)cc1CN. The molecule has 3 rings (SSSR count). The van der Waals surface area contributed by atoms with E-state index < -0.39 is 0 Å². The van der Waals surface area contributed by atoms with Gasteiger partial charge in [-0.3, -0.25) is 9.36 Å². The molecule has 2 N–H and O–H groups in total. The molecule has 0 spiro atoms. The van der Waals surface area contributed by atoms with Crippen LogP contribution in [0.1, 0.15) is 17.0 Å². The third-order valence-corrected chi connectivity index (χ3v) is 3.41. The Bertz CT molecular complexity index is 723. The lowest BCUT2D eigenvalue weighted by Crippen LogP contribution is -2.02. The summed E-state index contributed by atoms with van der Waals surface area (Å²) in [6.45, 7) is 3.17. The third kappa shape index (κ3) is 2.02. The van der Waals surface area contributed by atoms with Crippen molar-refractivity contribution in [1.29, 1.82) is 0 Å². The van der Waals surface area contributed by atoms with Crippen LogP contribution in [0.3, 0.4) is 0 Å². The Hall–Kier alpha value is -2.14. The zero-order valence-electron chi connectivity index (χ0n) is 11.2. The molecule has 0 aliphatic rings. The number of nitrogens with zero attached hydrogens (tertiary/aromatic N) is 4. The van der Waals surface area contributed by atoms with Crippen molar-refractivity contribution in [3.05, 3.63) is 47.4 Å². The summed E-state index contributed by atoms with van der Waals surface area (Å²) < 4.78 is 3.82. The van der Waals surface area contributed by atoms with Crippen LogP contribution in [0.5, 0.6) is 0 Å². The van der Waals surface area contributed by atoms with Gasteiger partial charge in [-0.2, -0.15) is 10.2 Å². The van der Waals surface area contributed by atoms with E-state index in [2.05, 4.69) is 22.3 Å². The lowest BCUT2D eigenvalue weighted by Gasteiger charge is -1.98. The number of benzene rings is 1. The molecule has 0 radical (unpaired) electrons. The first-order chi connectivity index (χ1) is 9.19. The van der Waals surface area contributed by atoms with Gasteiger partial charge >= 0.3 is 0 Å². The standard InChI is InChI=1S/C14H17N5/c1-10-11(7-15)8-19(16-10)9-13-12-5-3-4-6-14(12)18(2)17-13/h3-6,8H,7,9,15H2,1-2H3. The second-order valence-electron chi connectivity index (χ2n) is 4.73. The number of fused-ring (bicyclic) bond motifs is 1. The Morgan fingerprint density at radius 2 is 2.00 bits per heavy atom. The van der Waals surface area contributed by atoms with E-state index >= 15 is 0 Å². The molecule has 5 heteroatoms. The highest BCUT2D eigenvalue weighted by Gasteiger charge is 2.10. The summed E-state index contributed by atoms with van der Waals surface area (Å²) in [5.74, 6) is 0. The second kappa shape index (κ2) is 4.51. The van der Waals surface area contributed by atoms with Crippen LogP contribution in [0, 0.1) is 6.92 Å². The largest absolute Gasteiger partial charge is 0.326 e. The van der Waals surface area contributed by atoms with Crippen molar-refractivity contribution in [3.8, 4) is 0 Å². The van der Waals surface area contributed by atoms with Gasteiger partial charge in [0.1, 0.15) is 0 Å². The Balaban J connectivity index is 2.01. The predicted octanol–water partition coefficient (Wildman–Crippen LogP) is 1.59. The minimum Gasteiger partial charge on any atom is -0.326 e. The highest BCUT2D eigenvalue weighted by molar-refractivity contribution is 5.81. The number of nitrogens with two attached hydrogens (primary N) is 1. The highest BCUT2D eigenvalue weighted by atomic mass is 15.3. The lowest BCUT2D eigenvalue weighted by molar-refractivity contribution is 0.650. The zero-order chi connectivity index (χ0) is 13.4. The fourth-order valence-electron chi connectivity index (χ4n) is 2.40. The minimum absolute atomic E-state index is 0.523. The molecule has 1 aromatic carbocycles. The van der Waals surface area contributed by atoms with Crippen LogP contribution < -0.4 is 5.73 Å². The van der Waals surface area contributed by atoms with Gasteiger partial charge in [0.05, 0.1) is 23.4 Å². The van der Waals surface area contributed by atoms with Gasteiger partial charge in [-0.15, -0.1) is 0 Å². The van der Waals surface area contributed by atoms with Crippen molar-refractivity contribution in [2.24, 2.45) is 12.8 Å². The topological polar surface area (TPSA) is 61.7 Å². The minimum atomic E-state index is 0.523. The van der Waals surface area contributed by atoms with E-state index in [1.165, 1.54) is 5.39 Å². The molecule has 0 amide bonds. The molecule has 2 aromatic heterocycles.